The van der Waals surface area contributed by atoms with Crippen LogP contribution in [0.2, 0.25) is 0 Å². The SMILES string of the molecule is CCC(CC1CC1)Nc1nc(NC)ncc1[N+](=O)[O-]. The second-order valence-corrected chi connectivity index (χ2v) is 4.86. The molecule has 0 saturated heterocycles. The Bertz CT molecular complexity index is 461. The number of hydrogen-bond donors (Lipinski definition) is 2. The zero-order chi connectivity index (χ0) is 13.8. The summed E-state index contributed by atoms with van der Waals surface area (Å²) in [6.07, 6.45) is 5.75. The van der Waals surface area contributed by atoms with Crippen LogP contribution >= 0.6 is 0 Å². The molecule has 7 nitrogen and oxygen atoms in total. The lowest BCUT2D eigenvalue weighted by atomic mass is 10.1. The van der Waals surface area contributed by atoms with E-state index in [1.165, 1.54) is 19.0 Å². The zero-order valence-electron chi connectivity index (χ0n) is 11.2. The summed E-state index contributed by atoms with van der Waals surface area (Å²) in [6.45, 7) is 2.08. The van der Waals surface area contributed by atoms with E-state index >= 15 is 0 Å². The number of aromatic nitrogens is 2. The van der Waals surface area contributed by atoms with E-state index in [1.54, 1.807) is 7.05 Å². The molecule has 1 heterocycles. The Morgan fingerprint density at radius 3 is 2.84 bits per heavy atom. The van der Waals surface area contributed by atoms with Crippen molar-refractivity contribution in [1.29, 1.82) is 0 Å². The molecule has 0 aliphatic heterocycles. The maximum absolute atomic E-state index is 11.0. The first kappa shape index (κ1) is 13.5. The molecule has 1 atom stereocenters. The normalized spacial score (nSPS) is 15.9. The highest BCUT2D eigenvalue weighted by Crippen LogP contribution is 2.35. The number of hydrogen-bond acceptors (Lipinski definition) is 6. The van der Waals surface area contributed by atoms with Crippen LogP contribution in [0.5, 0.6) is 0 Å². The zero-order valence-corrected chi connectivity index (χ0v) is 11.2. The lowest BCUT2D eigenvalue weighted by Crippen LogP contribution is -2.21. The van der Waals surface area contributed by atoms with Gasteiger partial charge in [0.1, 0.15) is 6.20 Å². The second-order valence-electron chi connectivity index (χ2n) is 4.86. The van der Waals surface area contributed by atoms with E-state index in [0.29, 0.717) is 11.8 Å². The van der Waals surface area contributed by atoms with Gasteiger partial charge in [0.2, 0.25) is 11.8 Å². The number of anilines is 2. The molecule has 1 aliphatic rings. The van der Waals surface area contributed by atoms with Crippen LogP contribution in [0, 0.1) is 16.0 Å². The fourth-order valence-electron chi connectivity index (χ4n) is 2.01. The number of nitrogens with zero attached hydrogens (tertiary/aromatic N) is 3. The maximum atomic E-state index is 11.0. The molecular formula is C12H19N5O2. The van der Waals surface area contributed by atoms with Gasteiger partial charge in [0.05, 0.1) is 4.92 Å². The lowest BCUT2D eigenvalue weighted by Gasteiger charge is -2.17. The van der Waals surface area contributed by atoms with Crippen LogP contribution in [0.4, 0.5) is 17.5 Å². The van der Waals surface area contributed by atoms with Crippen molar-refractivity contribution in [1.82, 2.24) is 9.97 Å². The molecule has 1 aliphatic carbocycles. The Balaban J connectivity index is 2.16. The third-order valence-corrected chi connectivity index (χ3v) is 3.34. The second kappa shape index (κ2) is 5.81. The Labute approximate surface area is 112 Å². The monoisotopic (exact) mass is 265 g/mol. The molecule has 0 amide bonds. The number of rotatable bonds is 7. The van der Waals surface area contributed by atoms with Crippen molar-refractivity contribution in [2.24, 2.45) is 5.92 Å². The molecular weight excluding hydrogens is 246 g/mol. The van der Waals surface area contributed by atoms with Gasteiger partial charge in [-0.3, -0.25) is 10.1 Å². The minimum absolute atomic E-state index is 0.0757. The molecule has 104 valence electrons. The Kier molecular flexibility index (Phi) is 4.13. The fourth-order valence-corrected chi connectivity index (χ4v) is 2.01. The first-order valence-corrected chi connectivity index (χ1v) is 6.59. The third kappa shape index (κ3) is 3.52. The van der Waals surface area contributed by atoms with Crippen molar-refractivity contribution in [3.8, 4) is 0 Å². The van der Waals surface area contributed by atoms with E-state index in [2.05, 4.69) is 27.5 Å². The Morgan fingerprint density at radius 1 is 1.58 bits per heavy atom. The summed E-state index contributed by atoms with van der Waals surface area (Å²) >= 11 is 0. The highest BCUT2D eigenvalue weighted by Gasteiger charge is 2.26. The molecule has 7 heteroatoms. The largest absolute Gasteiger partial charge is 0.361 e. The summed E-state index contributed by atoms with van der Waals surface area (Å²) in [5.41, 5.74) is -0.0757. The predicted octanol–water partition coefficient (Wildman–Crippen LogP) is 2.42. The minimum Gasteiger partial charge on any atom is -0.361 e. The average Bonchev–Trinajstić information content (AvgIpc) is 3.21. The van der Waals surface area contributed by atoms with E-state index in [9.17, 15) is 10.1 Å². The van der Waals surface area contributed by atoms with E-state index in [4.69, 9.17) is 0 Å². The van der Waals surface area contributed by atoms with Crippen LogP contribution in [-0.2, 0) is 0 Å². The highest BCUT2D eigenvalue weighted by atomic mass is 16.6. The topological polar surface area (TPSA) is 93.0 Å². The van der Waals surface area contributed by atoms with Crippen molar-refractivity contribution >= 4 is 17.5 Å². The Morgan fingerprint density at radius 2 is 2.32 bits per heavy atom. The fraction of sp³-hybridized carbons (Fsp3) is 0.667. The Hall–Kier alpha value is -1.92. The van der Waals surface area contributed by atoms with Gasteiger partial charge in [0.25, 0.3) is 0 Å². The van der Waals surface area contributed by atoms with E-state index in [-0.39, 0.29) is 11.7 Å². The lowest BCUT2D eigenvalue weighted by molar-refractivity contribution is -0.384. The van der Waals surface area contributed by atoms with Gasteiger partial charge in [0.15, 0.2) is 0 Å². The van der Waals surface area contributed by atoms with Crippen LogP contribution < -0.4 is 10.6 Å². The average molecular weight is 265 g/mol. The van der Waals surface area contributed by atoms with E-state index in [1.807, 2.05) is 0 Å². The van der Waals surface area contributed by atoms with Gasteiger partial charge in [0, 0.05) is 13.1 Å². The van der Waals surface area contributed by atoms with Crippen molar-refractivity contribution < 1.29 is 4.92 Å². The van der Waals surface area contributed by atoms with Gasteiger partial charge < -0.3 is 10.6 Å². The third-order valence-electron chi connectivity index (χ3n) is 3.34. The van der Waals surface area contributed by atoms with E-state index in [0.717, 1.165) is 18.8 Å². The molecule has 0 bridgehead atoms. The van der Waals surface area contributed by atoms with Crippen molar-refractivity contribution in [2.75, 3.05) is 17.7 Å². The van der Waals surface area contributed by atoms with Crippen molar-refractivity contribution in [3.05, 3.63) is 16.3 Å². The molecule has 0 aromatic carbocycles. The van der Waals surface area contributed by atoms with Crippen LogP contribution in [0.3, 0.4) is 0 Å². The maximum Gasteiger partial charge on any atom is 0.329 e. The molecule has 1 aromatic rings. The summed E-state index contributed by atoms with van der Waals surface area (Å²) in [4.78, 5) is 18.6. The van der Waals surface area contributed by atoms with Crippen molar-refractivity contribution in [3.63, 3.8) is 0 Å². The van der Waals surface area contributed by atoms with Gasteiger partial charge in [-0.05, 0) is 18.8 Å². The highest BCUT2D eigenvalue weighted by molar-refractivity contribution is 5.57. The van der Waals surface area contributed by atoms with E-state index < -0.39 is 4.92 Å². The molecule has 1 saturated carbocycles. The first-order chi connectivity index (χ1) is 9.13. The van der Waals surface area contributed by atoms with Crippen LogP contribution in [0.15, 0.2) is 6.20 Å². The number of nitro groups is 1. The predicted molar refractivity (Wildman–Crippen MR) is 73.3 cm³/mol. The molecule has 0 spiro atoms. The molecule has 19 heavy (non-hydrogen) atoms. The van der Waals surface area contributed by atoms with Gasteiger partial charge >= 0.3 is 5.69 Å². The van der Waals surface area contributed by atoms with Gasteiger partial charge in [-0.1, -0.05) is 19.8 Å². The van der Waals surface area contributed by atoms with Gasteiger partial charge in [-0.15, -0.1) is 0 Å². The summed E-state index contributed by atoms with van der Waals surface area (Å²) in [7, 11) is 1.69. The quantitative estimate of drug-likeness (QED) is 0.581. The summed E-state index contributed by atoms with van der Waals surface area (Å²) < 4.78 is 0. The van der Waals surface area contributed by atoms with Crippen molar-refractivity contribution in [2.45, 2.75) is 38.6 Å². The van der Waals surface area contributed by atoms with Crippen LogP contribution in [-0.4, -0.2) is 28.0 Å². The minimum atomic E-state index is -0.453. The summed E-state index contributed by atoms with van der Waals surface area (Å²) in [5.74, 6) is 1.45. The number of nitrogens with one attached hydrogen (secondary N) is 2. The summed E-state index contributed by atoms with van der Waals surface area (Å²) in [5, 5.41) is 17.0. The van der Waals surface area contributed by atoms with Crippen LogP contribution in [0.1, 0.15) is 32.6 Å². The molecule has 1 unspecified atom stereocenters. The molecule has 1 aromatic heterocycles. The van der Waals surface area contributed by atoms with Crippen LogP contribution in [0.25, 0.3) is 0 Å². The van der Waals surface area contributed by atoms with Gasteiger partial charge in [-0.2, -0.15) is 4.98 Å². The smallest absolute Gasteiger partial charge is 0.329 e. The molecule has 2 N–H and O–H groups in total. The molecule has 0 radical (unpaired) electrons. The summed E-state index contributed by atoms with van der Waals surface area (Å²) in [6, 6.07) is 0.228. The molecule has 2 rings (SSSR count). The standard InChI is InChI=1S/C12H19N5O2/c1-3-9(6-8-4-5-8)15-11-10(17(18)19)7-14-12(13-2)16-11/h7-9H,3-6H2,1-2H3,(H2,13,14,15,16). The van der Waals surface area contributed by atoms with Gasteiger partial charge in [-0.25, -0.2) is 4.98 Å². The first-order valence-electron chi connectivity index (χ1n) is 6.59. The molecule has 1 fully saturated rings.